The van der Waals surface area contributed by atoms with Gasteiger partial charge < -0.3 is 10.4 Å². The molecule has 1 unspecified atom stereocenters. The van der Waals surface area contributed by atoms with Crippen LogP contribution in [0, 0.1) is 0 Å². The van der Waals surface area contributed by atoms with Gasteiger partial charge in [0.05, 0.1) is 18.0 Å². The predicted octanol–water partition coefficient (Wildman–Crippen LogP) is 2.91. The number of nitrogens with one attached hydrogen (secondary N) is 1. The fourth-order valence-electron chi connectivity index (χ4n) is 1.61. The number of carboxylic acids is 1. The van der Waals surface area contributed by atoms with Crippen LogP contribution in [0.25, 0.3) is 0 Å². The maximum atomic E-state index is 12.4. The Hall–Kier alpha value is -2.31. The largest absolute Gasteiger partial charge is 0.478 e. The van der Waals surface area contributed by atoms with Crippen LogP contribution in [-0.4, -0.2) is 17.0 Å². The number of alkyl halides is 3. The van der Waals surface area contributed by atoms with Gasteiger partial charge in [-0.2, -0.15) is 13.2 Å². The van der Waals surface area contributed by atoms with Crippen molar-refractivity contribution in [2.24, 2.45) is 0 Å². The standard InChI is InChI=1S/C14H14F3NO3/c1-8(13(20)21)7-12(19)18-9(2)10-3-5-11(6-4-10)14(15,16)17/h3-6,9H,1,7H2,2H3,(H,18,19)(H,20,21). The van der Waals surface area contributed by atoms with Gasteiger partial charge in [0.2, 0.25) is 5.91 Å². The summed E-state index contributed by atoms with van der Waals surface area (Å²) in [7, 11) is 0. The second-order valence-corrected chi connectivity index (χ2v) is 4.49. The first-order chi connectivity index (χ1) is 9.61. The van der Waals surface area contributed by atoms with Crippen molar-refractivity contribution < 1.29 is 27.9 Å². The molecule has 0 saturated heterocycles. The summed E-state index contributed by atoms with van der Waals surface area (Å²) in [6, 6.07) is 3.84. The fraction of sp³-hybridized carbons (Fsp3) is 0.286. The van der Waals surface area contributed by atoms with Crippen molar-refractivity contribution in [3.8, 4) is 0 Å². The Morgan fingerprint density at radius 2 is 1.81 bits per heavy atom. The lowest BCUT2D eigenvalue weighted by Crippen LogP contribution is -2.27. The second kappa shape index (κ2) is 6.43. The lowest BCUT2D eigenvalue weighted by Gasteiger charge is -2.15. The zero-order valence-corrected chi connectivity index (χ0v) is 11.2. The molecule has 0 saturated carbocycles. The van der Waals surface area contributed by atoms with Crippen LogP contribution in [0.4, 0.5) is 13.2 Å². The van der Waals surface area contributed by atoms with E-state index >= 15 is 0 Å². The first-order valence-electron chi connectivity index (χ1n) is 5.99. The van der Waals surface area contributed by atoms with Crippen LogP contribution in [0.3, 0.4) is 0 Å². The normalized spacial score (nSPS) is 12.6. The Balaban J connectivity index is 2.68. The topological polar surface area (TPSA) is 66.4 Å². The second-order valence-electron chi connectivity index (χ2n) is 4.49. The number of carboxylic acid groups (broad SMARTS) is 1. The third-order valence-electron chi connectivity index (χ3n) is 2.79. The summed E-state index contributed by atoms with van der Waals surface area (Å²) < 4.78 is 37.2. The first kappa shape index (κ1) is 16.7. The van der Waals surface area contributed by atoms with Gasteiger partial charge in [-0.1, -0.05) is 18.7 Å². The molecule has 0 heterocycles. The van der Waals surface area contributed by atoms with Gasteiger partial charge in [-0.3, -0.25) is 4.79 Å². The van der Waals surface area contributed by atoms with E-state index in [1.807, 2.05) is 0 Å². The molecule has 1 rings (SSSR count). The number of aliphatic carboxylic acids is 1. The molecular weight excluding hydrogens is 287 g/mol. The van der Waals surface area contributed by atoms with Crippen LogP contribution < -0.4 is 5.32 Å². The molecule has 0 aromatic heterocycles. The van der Waals surface area contributed by atoms with E-state index in [1.165, 1.54) is 12.1 Å². The molecule has 114 valence electrons. The number of carbonyl (C=O) groups is 2. The average Bonchev–Trinajstić information content (AvgIpc) is 2.37. The Morgan fingerprint density at radius 3 is 2.24 bits per heavy atom. The lowest BCUT2D eigenvalue weighted by molar-refractivity contribution is -0.137. The molecule has 1 atom stereocenters. The van der Waals surface area contributed by atoms with E-state index in [-0.39, 0.29) is 12.0 Å². The monoisotopic (exact) mass is 301 g/mol. The van der Waals surface area contributed by atoms with E-state index in [9.17, 15) is 22.8 Å². The fourth-order valence-corrected chi connectivity index (χ4v) is 1.61. The SMILES string of the molecule is C=C(CC(=O)NC(C)c1ccc(C(F)(F)F)cc1)C(=O)O. The van der Waals surface area contributed by atoms with Crippen molar-refractivity contribution in [2.75, 3.05) is 0 Å². The van der Waals surface area contributed by atoms with E-state index in [1.54, 1.807) is 6.92 Å². The zero-order chi connectivity index (χ0) is 16.2. The van der Waals surface area contributed by atoms with Crippen molar-refractivity contribution >= 4 is 11.9 Å². The number of hydrogen-bond acceptors (Lipinski definition) is 2. The Morgan fingerprint density at radius 1 is 1.29 bits per heavy atom. The maximum Gasteiger partial charge on any atom is 0.416 e. The molecule has 0 aliphatic rings. The minimum Gasteiger partial charge on any atom is -0.478 e. The van der Waals surface area contributed by atoms with Gasteiger partial charge in [-0.15, -0.1) is 0 Å². The molecule has 0 aliphatic heterocycles. The highest BCUT2D eigenvalue weighted by Gasteiger charge is 2.30. The highest BCUT2D eigenvalue weighted by molar-refractivity contribution is 5.93. The van der Waals surface area contributed by atoms with E-state index in [2.05, 4.69) is 11.9 Å². The molecule has 0 radical (unpaired) electrons. The number of rotatable bonds is 5. The summed E-state index contributed by atoms with van der Waals surface area (Å²) in [5, 5.41) is 11.1. The summed E-state index contributed by atoms with van der Waals surface area (Å²) in [5.74, 6) is -1.83. The van der Waals surface area contributed by atoms with Gasteiger partial charge in [0.1, 0.15) is 0 Å². The molecule has 0 spiro atoms. The van der Waals surface area contributed by atoms with E-state index < -0.39 is 29.7 Å². The van der Waals surface area contributed by atoms with Crippen LogP contribution >= 0.6 is 0 Å². The number of hydrogen-bond donors (Lipinski definition) is 2. The lowest BCUT2D eigenvalue weighted by atomic mass is 10.1. The van der Waals surface area contributed by atoms with Gasteiger partial charge in [-0.25, -0.2) is 4.79 Å². The van der Waals surface area contributed by atoms with Crippen molar-refractivity contribution in [1.82, 2.24) is 5.32 Å². The first-order valence-corrected chi connectivity index (χ1v) is 5.99. The predicted molar refractivity (Wildman–Crippen MR) is 69.4 cm³/mol. The summed E-state index contributed by atoms with van der Waals surface area (Å²) in [6.45, 7) is 4.81. The molecular formula is C14H14F3NO3. The molecule has 1 amide bonds. The van der Waals surface area contributed by atoms with Crippen molar-refractivity contribution in [2.45, 2.75) is 25.6 Å². The molecule has 4 nitrogen and oxygen atoms in total. The van der Waals surface area contributed by atoms with Gasteiger partial charge in [0.25, 0.3) is 0 Å². The van der Waals surface area contributed by atoms with Crippen LogP contribution in [0.5, 0.6) is 0 Å². The van der Waals surface area contributed by atoms with E-state index in [0.29, 0.717) is 5.56 Å². The molecule has 0 bridgehead atoms. The van der Waals surface area contributed by atoms with E-state index in [4.69, 9.17) is 5.11 Å². The number of amides is 1. The maximum absolute atomic E-state index is 12.4. The molecule has 7 heteroatoms. The van der Waals surface area contributed by atoms with Gasteiger partial charge in [0.15, 0.2) is 0 Å². The summed E-state index contributed by atoms with van der Waals surface area (Å²) >= 11 is 0. The quantitative estimate of drug-likeness (QED) is 0.822. The zero-order valence-electron chi connectivity index (χ0n) is 11.2. The van der Waals surface area contributed by atoms with Gasteiger partial charge in [0, 0.05) is 5.57 Å². The van der Waals surface area contributed by atoms with Crippen LogP contribution in [0.1, 0.15) is 30.5 Å². The van der Waals surface area contributed by atoms with E-state index in [0.717, 1.165) is 12.1 Å². The average molecular weight is 301 g/mol. The van der Waals surface area contributed by atoms with Crippen molar-refractivity contribution in [3.63, 3.8) is 0 Å². The molecule has 0 fully saturated rings. The number of halogens is 3. The van der Waals surface area contributed by atoms with Crippen LogP contribution in [0.15, 0.2) is 36.4 Å². The van der Waals surface area contributed by atoms with Gasteiger partial charge in [-0.05, 0) is 24.6 Å². The summed E-state index contributed by atoms with van der Waals surface area (Å²) in [4.78, 5) is 22.1. The third kappa shape index (κ3) is 4.94. The number of carbonyl (C=O) groups excluding carboxylic acids is 1. The Kier molecular flexibility index (Phi) is 5.12. The third-order valence-corrected chi connectivity index (χ3v) is 2.79. The minimum atomic E-state index is -4.41. The summed E-state index contributed by atoms with van der Waals surface area (Å²) in [6.07, 6.45) is -4.79. The van der Waals surface area contributed by atoms with Gasteiger partial charge >= 0.3 is 12.1 Å². The molecule has 1 aromatic rings. The van der Waals surface area contributed by atoms with Crippen LogP contribution in [-0.2, 0) is 15.8 Å². The molecule has 1 aromatic carbocycles. The molecule has 21 heavy (non-hydrogen) atoms. The molecule has 0 aliphatic carbocycles. The van der Waals surface area contributed by atoms with Crippen LogP contribution in [0.2, 0.25) is 0 Å². The highest BCUT2D eigenvalue weighted by atomic mass is 19.4. The van der Waals surface area contributed by atoms with Crippen molar-refractivity contribution in [1.29, 1.82) is 0 Å². The highest BCUT2D eigenvalue weighted by Crippen LogP contribution is 2.29. The van der Waals surface area contributed by atoms with Crippen molar-refractivity contribution in [3.05, 3.63) is 47.5 Å². The Bertz CT molecular complexity index is 550. The summed E-state index contributed by atoms with van der Waals surface area (Å²) in [5.41, 5.74) is -0.548. The number of benzene rings is 1. The minimum absolute atomic E-state index is 0.257. The Labute approximate surface area is 119 Å². The smallest absolute Gasteiger partial charge is 0.416 e. The molecule has 2 N–H and O–H groups in total.